The van der Waals surface area contributed by atoms with Gasteiger partial charge in [-0.2, -0.15) is 9.61 Å². The van der Waals surface area contributed by atoms with Crippen molar-refractivity contribution in [1.29, 1.82) is 0 Å². The molecule has 1 aliphatic rings. The summed E-state index contributed by atoms with van der Waals surface area (Å²) in [6, 6.07) is 16.3. The molecule has 0 radical (unpaired) electrons. The smallest absolute Gasteiger partial charge is 0.338 e. The van der Waals surface area contributed by atoms with Gasteiger partial charge in [0.1, 0.15) is 6.73 Å². The lowest BCUT2D eigenvalue weighted by Gasteiger charge is -2.36. The first kappa shape index (κ1) is 39.6. The molecule has 5 aromatic rings. The summed E-state index contributed by atoms with van der Waals surface area (Å²) in [7, 11) is 0.262. The molecular formula is C41H57N5O6Si2. The zero-order chi connectivity index (χ0) is 38.7. The van der Waals surface area contributed by atoms with Crippen LogP contribution in [0.4, 0.5) is 0 Å². The number of hydrogen-bond donors (Lipinski definition) is 0. The fourth-order valence-corrected chi connectivity index (χ4v) is 8.66. The maximum atomic E-state index is 12.9. The number of carbonyl (C=O) groups is 1. The zero-order valence-corrected chi connectivity index (χ0v) is 35.5. The number of aromatic nitrogens is 5. The van der Waals surface area contributed by atoms with Crippen LogP contribution in [0, 0.1) is 0 Å². The van der Waals surface area contributed by atoms with Crippen molar-refractivity contribution in [3.63, 3.8) is 0 Å². The second-order valence-electron chi connectivity index (χ2n) is 16.8. The predicted octanol–water partition coefficient (Wildman–Crippen LogP) is 9.06. The molecule has 13 heteroatoms. The second kappa shape index (κ2) is 16.4. The third-order valence-electron chi connectivity index (χ3n) is 10.4. The van der Waals surface area contributed by atoms with Crippen LogP contribution in [0.15, 0.2) is 54.9 Å². The van der Waals surface area contributed by atoms with Crippen molar-refractivity contribution in [2.45, 2.75) is 102 Å². The van der Waals surface area contributed by atoms with Crippen LogP contribution in [-0.4, -0.2) is 85.9 Å². The van der Waals surface area contributed by atoms with Gasteiger partial charge in [0, 0.05) is 58.7 Å². The van der Waals surface area contributed by atoms with E-state index in [0.29, 0.717) is 62.8 Å². The SMILES string of the molecule is CCOc1c(OCC[Si](C)(C)C)n(COCC[Si](C)(C)C)c2c1c([C@H]1CC[C@](OC)(C(=O)OC)CC1)nc1c(-c3ccc(-c4ccccc4)nc3)cnn12. The van der Waals surface area contributed by atoms with Crippen molar-refractivity contribution in [1.82, 2.24) is 24.1 Å². The molecule has 1 aromatic carbocycles. The molecule has 0 N–H and O–H groups in total. The second-order valence-corrected chi connectivity index (χ2v) is 28.0. The van der Waals surface area contributed by atoms with Crippen molar-refractivity contribution in [3.05, 3.63) is 60.6 Å². The van der Waals surface area contributed by atoms with E-state index in [2.05, 4.69) is 62.0 Å². The molecule has 290 valence electrons. The van der Waals surface area contributed by atoms with Crippen LogP contribution in [0.2, 0.25) is 51.4 Å². The van der Waals surface area contributed by atoms with E-state index in [1.54, 1.807) is 7.11 Å². The lowest BCUT2D eigenvalue weighted by atomic mass is 9.76. The molecule has 0 atom stereocenters. The highest BCUT2D eigenvalue weighted by molar-refractivity contribution is 6.76. The quantitative estimate of drug-likeness (QED) is 0.0551. The van der Waals surface area contributed by atoms with E-state index in [9.17, 15) is 4.79 Å². The summed E-state index contributed by atoms with van der Waals surface area (Å²) < 4.78 is 34.8. The van der Waals surface area contributed by atoms with Crippen molar-refractivity contribution in [2.24, 2.45) is 0 Å². The average molecular weight is 772 g/mol. The van der Waals surface area contributed by atoms with E-state index < -0.39 is 21.7 Å². The Bertz CT molecular complexity index is 2040. The van der Waals surface area contributed by atoms with Gasteiger partial charge in [0.2, 0.25) is 5.88 Å². The van der Waals surface area contributed by atoms with Gasteiger partial charge >= 0.3 is 5.97 Å². The van der Waals surface area contributed by atoms with Gasteiger partial charge in [0.05, 0.1) is 43.3 Å². The molecule has 4 heterocycles. The monoisotopic (exact) mass is 771 g/mol. The van der Waals surface area contributed by atoms with Crippen molar-refractivity contribution < 1.29 is 28.5 Å². The van der Waals surface area contributed by atoms with Crippen LogP contribution in [0.5, 0.6) is 11.6 Å². The molecule has 0 spiro atoms. The Balaban J connectivity index is 1.54. The summed E-state index contributed by atoms with van der Waals surface area (Å²) in [4.78, 5) is 23.3. The summed E-state index contributed by atoms with van der Waals surface area (Å²) in [5.41, 5.74) is 5.16. The number of nitrogens with zero attached hydrogens (tertiary/aromatic N) is 5. The Hall–Kier alpha value is -4.05. The average Bonchev–Trinajstić information content (AvgIpc) is 3.71. The van der Waals surface area contributed by atoms with Crippen molar-refractivity contribution >= 4 is 38.8 Å². The molecule has 1 aliphatic carbocycles. The third kappa shape index (κ3) is 8.44. The number of esters is 1. The number of methoxy groups -OCH3 is 2. The van der Waals surface area contributed by atoms with Gasteiger partial charge < -0.3 is 23.7 Å². The highest BCUT2D eigenvalue weighted by atomic mass is 28.3. The molecule has 4 aromatic heterocycles. The number of rotatable bonds is 16. The third-order valence-corrected chi connectivity index (χ3v) is 13.8. The van der Waals surface area contributed by atoms with Crippen molar-refractivity contribution in [3.8, 4) is 34.0 Å². The summed E-state index contributed by atoms with van der Waals surface area (Å²) in [5.74, 6) is 0.959. The van der Waals surface area contributed by atoms with Crippen LogP contribution in [0.25, 0.3) is 39.1 Å². The first-order valence-corrected chi connectivity index (χ1v) is 26.6. The van der Waals surface area contributed by atoms with E-state index in [1.807, 2.05) is 48.1 Å². The Morgan fingerprint density at radius 2 is 1.59 bits per heavy atom. The van der Waals surface area contributed by atoms with Gasteiger partial charge in [-0.1, -0.05) is 75.7 Å². The van der Waals surface area contributed by atoms with E-state index in [-0.39, 0.29) is 18.6 Å². The van der Waals surface area contributed by atoms with Crippen molar-refractivity contribution in [2.75, 3.05) is 34.0 Å². The summed E-state index contributed by atoms with van der Waals surface area (Å²) in [6.07, 6.45) is 6.13. The van der Waals surface area contributed by atoms with Gasteiger partial charge in [-0.25, -0.2) is 9.78 Å². The highest BCUT2D eigenvalue weighted by Gasteiger charge is 2.45. The Morgan fingerprint density at radius 1 is 0.889 bits per heavy atom. The first-order valence-electron chi connectivity index (χ1n) is 19.2. The maximum Gasteiger partial charge on any atom is 0.338 e. The highest BCUT2D eigenvalue weighted by Crippen LogP contribution is 2.48. The van der Waals surface area contributed by atoms with Gasteiger partial charge in [0.15, 0.2) is 22.6 Å². The summed E-state index contributed by atoms with van der Waals surface area (Å²) in [6.45, 7) is 18.1. The van der Waals surface area contributed by atoms with E-state index in [0.717, 1.165) is 51.2 Å². The van der Waals surface area contributed by atoms with E-state index in [4.69, 9.17) is 38.8 Å². The molecule has 0 amide bonds. The predicted molar refractivity (Wildman–Crippen MR) is 219 cm³/mol. The van der Waals surface area contributed by atoms with Crippen LogP contribution in [-0.2, 0) is 25.7 Å². The molecule has 54 heavy (non-hydrogen) atoms. The van der Waals surface area contributed by atoms with Crippen LogP contribution in [0.3, 0.4) is 0 Å². The van der Waals surface area contributed by atoms with E-state index >= 15 is 0 Å². The molecule has 0 bridgehead atoms. The Labute approximate surface area is 321 Å². The maximum absolute atomic E-state index is 12.9. The largest absolute Gasteiger partial charge is 0.488 e. The lowest BCUT2D eigenvalue weighted by molar-refractivity contribution is -0.170. The Kier molecular flexibility index (Phi) is 12.0. The zero-order valence-electron chi connectivity index (χ0n) is 33.5. The van der Waals surface area contributed by atoms with Gasteiger partial charge in [0.25, 0.3) is 0 Å². The normalized spacial score (nSPS) is 18.0. The molecule has 6 rings (SSSR count). The molecule has 0 aliphatic heterocycles. The number of fused-ring (bicyclic) bond motifs is 3. The van der Waals surface area contributed by atoms with E-state index in [1.165, 1.54) is 7.11 Å². The minimum absolute atomic E-state index is 0.00413. The summed E-state index contributed by atoms with van der Waals surface area (Å²) >= 11 is 0. The molecule has 0 saturated heterocycles. The molecule has 1 fully saturated rings. The minimum Gasteiger partial charge on any atom is -0.488 e. The number of ether oxygens (including phenoxy) is 5. The van der Waals surface area contributed by atoms with Gasteiger partial charge in [-0.05, 0) is 50.8 Å². The topological polar surface area (TPSA) is 111 Å². The molecular weight excluding hydrogens is 715 g/mol. The van der Waals surface area contributed by atoms with Crippen LogP contribution in [0.1, 0.15) is 44.2 Å². The van der Waals surface area contributed by atoms with Crippen LogP contribution >= 0.6 is 0 Å². The molecule has 11 nitrogen and oxygen atoms in total. The van der Waals surface area contributed by atoms with Gasteiger partial charge in [-0.3, -0.25) is 9.55 Å². The number of hydrogen-bond acceptors (Lipinski definition) is 9. The number of benzene rings is 1. The Morgan fingerprint density at radius 3 is 2.20 bits per heavy atom. The fourth-order valence-electron chi connectivity index (χ4n) is 7.18. The standard InChI is InChI=1S/C41H57N5O6Si2/c1-10-51-36-34-35(30-18-20-41(49-3,21-19-30)40(47)48-2)44-37-32(31-16-17-33(42-26-31)29-14-12-11-13-15-29)27-43-46(37)38(34)45(28-50-22-24-53(4,5)6)39(36)52-23-25-54(7,8)9/h11-17,26-27,30H,10,18-25,28H2,1-9H3/t30-,41+. The number of carbonyl (C=O) groups excluding carboxylic acids is 1. The molecule has 1 saturated carbocycles. The lowest BCUT2D eigenvalue weighted by Crippen LogP contribution is -2.44. The first-order chi connectivity index (χ1) is 25.8. The minimum atomic E-state index is -1.41. The number of pyridine rings is 1. The summed E-state index contributed by atoms with van der Waals surface area (Å²) in [5, 5.41) is 5.86. The molecule has 0 unspecified atom stereocenters. The van der Waals surface area contributed by atoms with Crippen LogP contribution < -0.4 is 9.47 Å². The van der Waals surface area contributed by atoms with Gasteiger partial charge in [-0.15, -0.1) is 0 Å². The fraction of sp³-hybridized carbons (Fsp3) is 0.512.